The highest BCUT2D eigenvalue weighted by Gasteiger charge is 2.23. The summed E-state index contributed by atoms with van der Waals surface area (Å²) >= 11 is 0. The van der Waals surface area contributed by atoms with E-state index >= 15 is 0 Å². The molecule has 1 saturated heterocycles. The van der Waals surface area contributed by atoms with Crippen LogP contribution in [-0.4, -0.2) is 36.6 Å². The molecule has 1 fully saturated rings. The molecule has 1 aromatic rings. The molecule has 17 heavy (non-hydrogen) atoms. The summed E-state index contributed by atoms with van der Waals surface area (Å²) in [6, 6.07) is 8.01. The fraction of sp³-hybridized carbons (Fsp3) is 0.571. The van der Waals surface area contributed by atoms with E-state index in [1.807, 2.05) is 12.1 Å². The zero-order valence-corrected chi connectivity index (χ0v) is 10.6. The third kappa shape index (κ3) is 3.27. The van der Waals surface area contributed by atoms with Gasteiger partial charge in [-0.2, -0.15) is 0 Å². The molecule has 0 spiro atoms. The number of nitrogens with one attached hydrogen (secondary N) is 1. The van der Waals surface area contributed by atoms with Crippen molar-refractivity contribution in [3.63, 3.8) is 0 Å². The van der Waals surface area contributed by atoms with Crippen LogP contribution in [0, 0.1) is 5.82 Å². The molecule has 1 aliphatic heterocycles. The fourth-order valence-electron chi connectivity index (χ4n) is 2.52. The maximum atomic E-state index is 12.8. The lowest BCUT2D eigenvalue weighted by atomic mass is 10.1. The standard InChI is InChI=1S/C14H21FN2/c1-11-9-16-10-12(2)17(11)8-7-13-3-5-14(15)6-4-13/h3-6,11-12,16H,7-10H2,1-2H3/t11-,12-/m0/s1. The van der Waals surface area contributed by atoms with Crippen LogP contribution in [0.25, 0.3) is 0 Å². The van der Waals surface area contributed by atoms with Gasteiger partial charge in [-0.15, -0.1) is 0 Å². The Morgan fingerprint density at radius 2 is 1.76 bits per heavy atom. The van der Waals surface area contributed by atoms with Crippen molar-refractivity contribution in [2.75, 3.05) is 19.6 Å². The Morgan fingerprint density at radius 3 is 2.35 bits per heavy atom. The van der Waals surface area contributed by atoms with Crippen LogP contribution in [0.4, 0.5) is 4.39 Å². The Bertz CT molecular complexity index is 340. The van der Waals surface area contributed by atoms with Crippen molar-refractivity contribution >= 4 is 0 Å². The SMILES string of the molecule is C[C@H]1CNC[C@H](C)N1CCc1ccc(F)cc1. The summed E-state index contributed by atoms with van der Waals surface area (Å²) in [5.41, 5.74) is 1.21. The highest BCUT2D eigenvalue weighted by molar-refractivity contribution is 5.16. The number of benzene rings is 1. The minimum atomic E-state index is -0.155. The van der Waals surface area contributed by atoms with Gasteiger partial charge in [0.2, 0.25) is 0 Å². The first-order valence-electron chi connectivity index (χ1n) is 6.37. The van der Waals surface area contributed by atoms with Gasteiger partial charge in [0, 0.05) is 31.7 Å². The van der Waals surface area contributed by atoms with E-state index in [-0.39, 0.29) is 5.82 Å². The van der Waals surface area contributed by atoms with Crippen LogP contribution in [0.15, 0.2) is 24.3 Å². The normalized spacial score (nSPS) is 26.1. The molecule has 0 saturated carbocycles. The first-order valence-corrected chi connectivity index (χ1v) is 6.37. The van der Waals surface area contributed by atoms with E-state index in [1.165, 1.54) is 5.56 Å². The summed E-state index contributed by atoms with van der Waals surface area (Å²) in [7, 11) is 0. The molecule has 1 N–H and O–H groups in total. The van der Waals surface area contributed by atoms with Crippen LogP contribution in [-0.2, 0) is 6.42 Å². The van der Waals surface area contributed by atoms with E-state index in [9.17, 15) is 4.39 Å². The minimum absolute atomic E-state index is 0.155. The second-order valence-corrected chi connectivity index (χ2v) is 4.97. The van der Waals surface area contributed by atoms with E-state index in [2.05, 4.69) is 24.1 Å². The predicted octanol–water partition coefficient (Wildman–Crippen LogP) is 2.05. The van der Waals surface area contributed by atoms with E-state index in [0.29, 0.717) is 12.1 Å². The molecule has 94 valence electrons. The maximum absolute atomic E-state index is 12.8. The topological polar surface area (TPSA) is 15.3 Å². The molecule has 0 aromatic heterocycles. The molecule has 0 bridgehead atoms. The monoisotopic (exact) mass is 236 g/mol. The Balaban J connectivity index is 1.90. The van der Waals surface area contributed by atoms with Crippen LogP contribution in [0.5, 0.6) is 0 Å². The zero-order chi connectivity index (χ0) is 12.3. The average molecular weight is 236 g/mol. The van der Waals surface area contributed by atoms with Crippen molar-refractivity contribution in [1.29, 1.82) is 0 Å². The zero-order valence-electron chi connectivity index (χ0n) is 10.6. The summed E-state index contributed by atoms with van der Waals surface area (Å²) in [4.78, 5) is 2.53. The first kappa shape index (κ1) is 12.5. The Kier molecular flexibility index (Phi) is 4.13. The molecule has 3 heteroatoms. The van der Waals surface area contributed by atoms with Gasteiger partial charge in [-0.1, -0.05) is 12.1 Å². The number of nitrogens with zero attached hydrogens (tertiary/aromatic N) is 1. The lowest BCUT2D eigenvalue weighted by Gasteiger charge is -2.39. The van der Waals surface area contributed by atoms with Crippen molar-refractivity contribution in [3.8, 4) is 0 Å². The highest BCUT2D eigenvalue weighted by Crippen LogP contribution is 2.11. The lowest BCUT2D eigenvalue weighted by Crippen LogP contribution is -2.55. The number of piperazine rings is 1. The number of rotatable bonds is 3. The second kappa shape index (κ2) is 5.61. The van der Waals surface area contributed by atoms with Gasteiger partial charge in [0.15, 0.2) is 0 Å². The van der Waals surface area contributed by atoms with Crippen LogP contribution >= 0.6 is 0 Å². The van der Waals surface area contributed by atoms with Gasteiger partial charge in [-0.3, -0.25) is 4.90 Å². The van der Waals surface area contributed by atoms with Gasteiger partial charge in [-0.25, -0.2) is 4.39 Å². The largest absolute Gasteiger partial charge is 0.314 e. The molecule has 0 unspecified atom stereocenters. The molecule has 1 aromatic carbocycles. The third-order valence-corrected chi connectivity index (χ3v) is 3.58. The summed E-state index contributed by atoms with van der Waals surface area (Å²) in [6.07, 6.45) is 0.995. The van der Waals surface area contributed by atoms with Gasteiger partial charge < -0.3 is 5.32 Å². The summed E-state index contributed by atoms with van der Waals surface area (Å²) < 4.78 is 12.8. The van der Waals surface area contributed by atoms with Crippen LogP contribution in [0.3, 0.4) is 0 Å². The van der Waals surface area contributed by atoms with Gasteiger partial charge in [0.1, 0.15) is 5.82 Å². The van der Waals surface area contributed by atoms with Crippen molar-refractivity contribution in [3.05, 3.63) is 35.6 Å². The van der Waals surface area contributed by atoms with Crippen LogP contribution in [0.2, 0.25) is 0 Å². The predicted molar refractivity (Wildman–Crippen MR) is 68.6 cm³/mol. The summed E-state index contributed by atoms with van der Waals surface area (Å²) in [5, 5.41) is 3.43. The quantitative estimate of drug-likeness (QED) is 0.864. The van der Waals surface area contributed by atoms with E-state index in [4.69, 9.17) is 0 Å². The molecular weight excluding hydrogens is 215 g/mol. The molecule has 0 radical (unpaired) electrons. The number of halogens is 1. The van der Waals surface area contributed by atoms with Crippen LogP contribution in [0.1, 0.15) is 19.4 Å². The number of hydrogen-bond donors (Lipinski definition) is 1. The Hall–Kier alpha value is -0.930. The minimum Gasteiger partial charge on any atom is -0.314 e. The Labute approximate surface area is 103 Å². The number of hydrogen-bond acceptors (Lipinski definition) is 2. The van der Waals surface area contributed by atoms with Gasteiger partial charge >= 0.3 is 0 Å². The maximum Gasteiger partial charge on any atom is 0.123 e. The molecular formula is C14H21FN2. The molecule has 1 heterocycles. The van der Waals surface area contributed by atoms with Crippen molar-refractivity contribution in [1.82, 2.24) is 10.2 Å². The van der Waals surface area contributed by atoms with Gasteiger partial charge in [-0.05, 0) is 38.0 Å². The lowest BCUT2D eigenvalue weighted by molar-refractivity contribution is 0.118. The van der Waals surface area contributed by atoms with Crippen molar-refractivity contribution < 1.29 is 4.39 Å². The van der Waals surface area contributed by atoms with Crippen molar-refractivity contribution in [2.45, 2.75) is 32.4 Å². The smallest absolute Gasteiger partial charge is 0.123 e. The Morgan fingerprint density at radius 1 is 1.18 bits per heavy atom. The highest BCUT2D eigenvalue weighted by atomic mass is 19.1. The van der Waals surface area contributed by atoms with E-state index < -0.39 is 0 Å². The molecule has 2 nitrogen and oxygen atoms in total. The van der Waals surface area contributed by atoms with E-state index in [1.54, 1.807) is 12.1 Å². The molecule has 1 aliphatic rings. The summed E-state index contributed by atoms with van der Waals surface area (Å²) in [6.45, 7) is 7.69. The molecule has 0 aliphatic carbocycles. The first-order chi connectivity index (χ1) is 8.16. The average Bonchev–Trinajstić information content (AvgIpc) is 2.31. The van der Waals surface area contributed by atoms with Crippen LogP contribution < -0.4 is 5.32 Å². The summed E-state index contributed by atoms with van der Waals surface area (Å²) in [5.74, 6) is -0.155. The van der Waals surface area contributed by atoms with E-state index in [0.717, 1.165) is 26.1 Å². The third-order valence-electron chi connectivity index (χ3n) is 3.58. The van der Waals surface area contributed by atoms with Crippen molar-refractivity contribution in [2.24, 2.45) is 0 Å². The molecule has 0 amide bonds. The van der Waals surface area contributed by atoms with Gasteiger partial charge in [0.25, 0.3) is 0 Å². The second-order valence-electron chi connectivity index (χ2n) is 4.97. The molecule has 2 atom stereocenters. The van der Waals surface area contributed by atoms with Gasteiger partial charge in [0.05, 0.1) is 0 Å². The molecule has 2 rings (SSSR count). The fourth-order valence-corrected chi connectivity index (χ4v) is 2.52.